The molecular weight excluding hydrogens is 114 g/mol. The van der Waals surface area contributed by atoms with E-state index < -0.39 is 0 Å². The topological polar surface area (TPSA) is 41.6 Å². The van der Waals surface area contributed by atoms with Gasteiger partial charge in [0.25, 0.3) is 0 Å². The van der Waals surface area contributed by atoms with Crippen molar-refractivity contribution in [1.82, 2.24) is 15.0 Å². The number of hydrogen-bond donors (Lipinski definition) is 1. The maximum absolute atomic E-state index is 3.93. The Morgan fingerprint density at radius 1 is 1.11 bits per heavy atom. The average Bonchev–Trinajstić information content (AvgIpc) is 2.33. The molecule has 0 spiro atoms. The third-order valence-electron chi connectivity index (χ3n) is 1.24. The zero-order valence-corrected chi connectivity index (χ0v) is 4.70. The Balaban J connectivity index is 2.79. The summed E-state index contributed by atoms with van der Waals surface area (Å²) in [6, 6.07) is 0. The second kappa shape index (κ2) is 1.55. The Labute approximate surface area is 52.1 Å². The SMILES string of the molecule is c1ncc2cncc-2[nH]1. The molecule has 2 rings (SSSR count). The van der Waals surface area contributed by atoms with Crippen LogP contribution in [0.15, 0.2) is 24.9 Å². The normalized spacial score (nSPS) is 10.2. The third-order valence-corrected chi connectivity index (χ3v) is 1.24. The van der Waals surface area contributed by atoms with Crippen molar-refractivity contribution in [2.75, 3.05) is 0 Å². The summed E-state index contributed by atoms with van der Waals surface area (Å²) in [6.45, 7) is 0. The summed E-state index contributed by atoms with van der Waals surface area (Å²) in [7, 11) is 0. The number of fused-ring (bicyclic) bond motifs is 1. The minimum absolute atomic E-state index is 1.03. The third kappa shape index (κ3) is 0.579. The van der Waals surface area contributed by atoms with Gasteiger partial charge < -0.3 is 4.98 Å². The molecule has 0 radical (unpaired) electrons. The number of aromatic nitrogens is 3. The van der Waals surface area contributed by atoms with Crippen LogP contribution in [0.3, 0.4) is 0 Å². The van der Waals surface area contributed by atoms with Gasteiger partial charge in [0, 0.05) is 18.0 Å². The highest BCUT2D eigenvalue weighted by Gasteiger charge is 1.98. The second-order valence-corrected chi connectivity index (χ2v) is 1.83. The van der Waals surface area contributed by atoms with E-state index in [0.717, 1.165) is 11.3 Å². The maximum atomic E-state index is 3.93. The molecule has 2 aliphatic heterocycles. The predicted octanol–water partition coefficient (Wildman–Crippen LogP) is 0.909. The van der Waals surface area contributed by atoms with E-state index in [4.69, 9.17) is 0 Å². The molecule has 0 aromatic heterocycles. The fourth-order valence-electron chi connectivity index (χ4n) is 0.784. The largest absolute Gasteiger partial charge is 0.345 e. The predicted molar refractivity (Wildman–Crippen MR) is 33.0 cm³/mol. The molecule has 0 aromatic carbocycles. The van der Waals surface area contributed by atoms with Crippen LogP contribution in [-0.4, -0.2) is 15.0 Å². The highest BCUT2D eigenvalue weighted by Crippen LogP contribution is 2.13. The molecule has 0 fully saturated rings. The molecule has 0 atom stereocenters. The Morgan fingerprint density at radius 2 is 2.00 bits per heavy atom. The molecule has 0 saturated carbocycles. The molecule has 0 unspecified atom stereocenters. The van der Waals surface area contributed by atoms with Crippen LogP contribution in [0.25, 0.3) is 11.3 Å². The lowest BCUT2D eigenvalue weighted by molar-refractivity contribution is 1.18. The zero-order chi connectivity index (χ0) is 6.10. The lowest BCUT2D eigenvalue weighted by Crippen LogP contribution is -1.79. The summed E-state index contributed by atoms with van der Waals surface area (Å²) in [6.07, 6.45) is 6.97. The minimum Gasteiger partial charge on any atom is -0.345 e. The Kier molecular flexibility index (Phi) is 0.773. The molecule has 3 heteroatoms. The molecule has 2 heterocycles. The summed E-state index contributed by atoms with van der Waals surface area (Å²) in [5.74, 6) is 0. The van der Waals surface area contributed by atoms with E-state index in [2.05, 4.69) is 15.0 Å². The molecule has 44 valence electrons. The van der Waals surface area contributed by atoms with Gasteiger partial charge in [-0.2, -0.15) is 0 Å². The van der Waals surface area contributed by atoms with Gasteiger partial charge in [-0.05, 0) is 0 Å². The molecule has 0 aromatic rings. The van der Waals surface area contributed by atoms with Gasteiger partial charge in [-0.1, -0.05) is 0 Å². The van der Waals surface area contributed by atoms with E-state index in [0.29, 0.717) is 0 Å². The van der Waals surface area contributed by atoms with E-state index in [1.165, 1.54) is 0 Å². The first-order chi connectivity index (χ1) is 4.47. The number of H-pyrrole nitrogens is 1. The van der Waals surface area contributed by atoms with E-state index >= 15 is 0 Å². The maximum Gasteiger partial charge on any atom is 0.0923 e. The summed E-state index contributed by atoms with van der Waals surface area (Å²) >= 11 is 0. The number of rotatable bonds is 0. The molecule has 9 heavy (non-hydrogen) atoms. The number of hydrogen-bond acceptors (Lipinski definition) is 2. The van der Waals surface area contributed by atoms with Gasteiger partial charge in [0.2, 0.25) is 0 Å². The van der Waals surface area contributed by atoms with Crippen LogP contribution < -0.4 is 0 Å². The van der Waals surface area contributed by atoms with Crippen LogP contribution in [0.5, 0.6) is 0 Å². The number of aromatic amines is 1. The monoisotopic (exact) mass is 119 g/mol. The van der Waals surface area contributed by atoms with Crippen LogP contribution >= 0.6 is 0 Å². The van der Waals surface area contributed by atoms with Crippen molar-refractivity contribution < 1.29 is 0 Å². The molecule has 1 N–H and O–H groups in total. The van der Waals surface area contributed by atoms with E-state index in [9.17, 15) is 0 Å². The second-order valence-electron chi connectivity index (χ2n) is 1.83. The summed E-state index contributed by atoms with van der Waals surface area (Å²) in [5.41, 5.74) is 2.09. The van der Waals surface area contributed by atoms with Gasteiger partial charge in [-0.3, -0.25) is 4.98 Å². The van der Waals surface area contributed by atoms with Gasteiger partial charge in [-0.15, -0.1) is 0 Å². The first-order valence-corrected chi connectivity index (χ1v) is 2.69. The standard InChI is InChI=1S/C6H5N3/c1-5-2-8-4-9-6(5)3-7-1/h1-4H,(H,8,9). The van der Waals surface area contributed by atoms with Gasteiger partial charge >= 0.3 is 0 Å². The fraction of sp³-hybridized carbons (Fsp3) is 0. The molecule has 0 bridgehead atoms. The fourth-order valence-corrected chi connectivity index (χ4v) is 0.784. The van der Waals surface area contributed by atoms with E-state index in [1.54, 1.807) is 24.9 Å². The molecular formula is C6H5N3. The number of nitrogens with one attached hydrogen (secondary N) is 1. The minimum atomic E-state index is 1.03. The van der Waals surface area contributed by atoms with Crippen molar-refractivity contribution in [3.8, 4) is 11.3 Å². The van der Waals surface area contributed by atoms with Crippen molar-refractivity contribution >= 4 is 0 Å². The van der Waals surface area contributed by atoms with Crippen molar-refractivity contribution in [2.45, 2.75) is 0 Å². The van der Waals surface area contributed by atoms with Crippen LogP contribution in [0.4, 0.5) is 0 Å². The molecule has 3 nitrogen and oxygen atoms in total. The highest BCUT2D eigenvalue weighted by molar-refractivity contribution is 5.56. The lowest BCUT2D eigenvalue weighted by atomic mass is 10.3. The van der Waals surface area contributed by atoms with Crippen molar-refractivity contribution in [3.05, 3.63) is 24.9 Å². The van der Waals surface area contributed by atoms with E-state index in [1.807, 2.05) is 0 Å². The smallest absolute Gasteiger partial charge is 0.0923 e. The Morgan fingerprint density at radius 3 is 2.89 bits per heavy atom. The van der Waals surface area contributed by atoms with Crippen LogP contribution in [-0.2, 0) is 0 Å². The quantitative estimate of drug-likeness (QED) is 0.560. The van der Waals surface area contributed by atoms with Gasteiger partial charge in [-0.25, -0.2) is 4.98 Å². The van der Waals surface area contributed by atoms with Crippen LogP contribution in [0, 0.1) is 0 Å². The van der Waals surface area contributed by atoms with Gasteiger partial charge in [0.15, 0.2) is 0 Å². The van der Waals surface area contributed by atoms with Crippen LogP contribution in [0.1, 0.15) is 0 Å². The number of nitrogens with zero attached hydrogens (tertiary/aromatic N) is 2. The van der Waals surface area contributed by atoms with Crippen molar-refractivity contribution in [3.63, 3.8) is 0 Å². The molecule has 2 aliphatic rings. The Hall–Kier alpha value is -1.38. The summed E-state index contributed by atoms with van der Waals surface area (Å²) < 4.78 is 0. The zero-order valence-electron chi connectivity index (χ0n) is 4.70. The van der Waals surface area contributed by atoms with Gasteiger partial charge in [0.1, 0.15) is 0 Å². The van der Waals surface area contributed by atoms with Crippen LogP contribution in [0.2, 0.25) is 0 Å². The molecule has 0 saturated heterocycles. The molecule has 0 amide bonds. The van der Waals surface area contributed by atoms with Gasteiger partial charge in [0.05, 0.1) is 18.2 Å². The first-order valence-electron chi connectivity index (χ1n) is 2.69. The molecule has 0 aliphatic carbocycles. The summed E-state index contributed by atoms with van der Waals surface area (Å²) in [5, 5.41) is 0. The van der Waals surface area contributed by atoms with Crippen molar-refractivity contribution in [1.29, 1.82) is 0 Å². The average molecular weight is 119 g/mol. The van der Waals surface area contributed by atoms with E-state index in [-0.39, 0.29) is 0 Å². The Bertz CT molecular complexity index is 248. The van der Waals surface area contributed by atoms with Crippen molar-refractivity contribution in [2.24, 2.45) is 0 Å². The summed E-state index contributed by atoms with van der Waals surface area (Å²) in [4.78, 5) is 10.8. The lowest BCUT2D eigenvalue weighted by Gasteiger charge is -1.91. The highest BCUT2D eigenvalue weighted by atomic mass is 14.9. The first kappa shape index (κ1) is 4.49.